The van der Waals surface area contributed by atoms with E-state index in [1.165, 1.54) is 69.2 Å². The number of piperidine rings is 1. The maximum atomic E-state index is 7.09. The molecule has 0 amide bonds. The lowest BCUT2D eigenvalue weighted by Crippen LogP contribution is -2.59. The molecule has 3 rings (SSSR count). The molecule has 2 unspecified atom stereocenters. The molecule has 21 heavy (non-hydrogen) atoms. The molecule has 1 fully saturated rings. The van der Waals surface area contributed by atoms with E-state index in [1.54, 1.807) is 0 Å². The van der Waals surface area contributed by atoms with Gasteiger partial charge in [-0.3, -0.25) is 4.90 Å². The van der Waals surface area contributed by atoms with Crippen molar-refractivity contribution in [1.29, 1.82) is 0 Å². The van der Waals surface area contributed by atoms with Crippen LogP contribution in [0.5, 0.6) is 0 Å². The molecule has 2 N–H and O–H groups in total. The Morgan fingerprint density at radius 1 is 1.19 bits per heavy atom. The topological polar surface area (TPSA) is 29.3 Å². The third-order valence-electron chi connectivity index (χ3n) is 5.58. The number of fused-ring (bicyclic) bond motifs is 1. The van der Waals surface area contributed by atoms with Crippen molar-refractivity contribution in [3.05, 3.63) is 35.4 Å². The molecule has 1 heterocycles. The summed E-state index contributed by atoms with van der Waals surface area (Å²) in [5.74, 6) is 0. The van der Waals surface area contributed by atoms with E-state index in [0.717, 1.165) is 6.42 Å². The number of hydrogen-bond donors (Lipinski definition) is 1. The monoisotopic (exact) mass is 286 g/mol. The molecule has 116 valence electrons. The summed E-state index contributed by atoms with van der Waals surface area (Å²) in [4.78, 5) is 2.70. The molecule has 2 atom stereocenters. The quantitative estimate of drug-likeness (QED) is 0.911. The molecule has 0 saturated carbocycles. The van der Waals surface area contributed by atoms with Crippen LogP contribution in [0.4, 0.5) is 0 Å². The summed E-state index contributed by atoms with van der Waals surface area (Å²) >= 11 is 0. The van der Waals surface area contributed by atoms with Gasteiger partial charge in [0.2, 0.25) is 0 Å². The van der Waals surface area contributed by atoms with Crippen molar-refractivity contribution < 1.29 is 0 Å². The van der Waals surface area contributed by atoms with Gasteiger partial charge in [-0.2, -0.15) is 0 Å². The largest absolute Gasteiger partial charge is 0.320 e. The van der Waals surface area contributed by atoms with Gasteiger partial charge in [-0.05, 0) is 56.3 Å². The van der Waals surface area contributed by atoms with Gasteiger partial charge in [-0.15, -0.1) is 0 Å². The zero-order valence-electron chi connectivity index (χ0n) is 13.5. The average Bonchev–Trinajstić information content (AvgIpc) is 2.54. The molecule has 1 saturated heterocycles. The van der Waals surface area contributed by atoms with Gasteiger partial charge in [0.25, 0.3) is 0 Å². The molecule has 2 nitrogen and oxygen atoms in total. The molecule has 2 aliphatic rings. The lowest BCUT2D eigenvalue weighted by atomic mass is 9.70. The summed E-state index contributed by atoms with van der Waals surface area (Å²) in [6, 6.07) is 9.46. The first-order chi connectivity index (χ1) is 10.3. The number of hydrogen-bond acceptors (Lipinski definition) is 2. The van der Waals surface area contributed by atoms with E-state index in [1.807, 2.05) is 0 Å². The minimum absolute atomic E-state index is 0.137. The summed E-state index contributed by atoms with van der Waals surface area (Å²) in [7, 11) is 0. The van der Waals surface area contributed by atoms with Crippen LogP contribution in [0.3, 0.4) is 0 Å². The van der Waals surface area contributed by atoms with Crippen LogP contribution in [-0.4, -0.2) is 24.0 Å². The summed E-state index contributed by atoms with van der Waals surface area (Å²) in [6.45, 7) is 4.77. The smallest absolute Gasteiger partial charge is 0.0570 e. The average molecular weight is 286 g/mol. The van der Waals surface area contributed by atoms with E-state index in [-0.39, 0.29) is 5.54 Å². The van der Waals surface area contributed by atoms with Crippen molar-refractivity contribution in [3.63, 3.8) is 0 Å². The van der Waals surface area contributed by atoms with Gasteiger partial charge in [-0.25, -0.2) is 0 Å². The Morgan fingerprint density at radius 3 is 2.71 bits per heavy atom. The number of aryl methyl sites for hydroxylation is 1. The van der Waals surface area contributed by atoms with Gasteiger partial charge in [0.05, 0.1) is 5.54 Å². The second-order valence-electron chi connectivity index (χ2n) is 6.95. The second-order valence-corrected chi connectivity index (χ2v) is 6.95. The highest BCUT2D eigenvalue weighted by Crippen LogP contribution is 2.40. The van der Waals surface area contributed by atoms with Crippen molar-refractivity contribution in [3.8, 4) is 0 Å². The van der Waals surface area contributed by atoms with Gasteiger partial charge in [-0.1, -0.05) is 50.5 Å². The molecule has 0 spiro atoms. The van der Waals surface area contributed by atoms with E-state index in [0.29, 0.717) is 6.04 Å². The van der Waals surface area contributed by atoms with E-state index in [2.05, 4.69) is 36.1 Å². The number of benzene rings is 1. The molecule has 1 aromatic rings. The van der Waals surface area contributed by atoms with Crippen molar-refractivity contribution >= 4 is 0 Å². The highest BCUT2D eigenvalue weighted by molar-refractivity contribution is 5.38. The van der Waals surface area contributed by atoms with Crippen molar-refractivity contribution in [2.75, 3.05) is 13.1 Å². The predicted octanol–water partition coefficient (Wildman–Crippen LogP) is 3.83. The molecule has 1 aromatic carbocycles. The Balaban J connectivity index is 1.92. The highest BCUT2D eigenvalue weighted by Gasteiger charge is 2.43. The minimum atomic E-state index is -0.137. The molecule has 0 bridgehead atoms. The van der Waals surface area contributed by atoms with Crippen molar-refractivity contribution in [2.24, 2.45) is 5.73 Å². The fraction of sp³-hybridized carbons (Fsp3) is 0.684. The molecular weight excluding hydrogens is 256 g/mol. The van der Waals surface area contributed by atoms with E-state index in [9.17, 15) is 0 Å². The first-order valence-corrected chi connectivity index (χ1v) is 8.87. The molecule has 0 radical (unpaired) electrons. The van der Waals surface area contributed by atoms with Gasteiger partial charge in [0, 0.05) is 6.04 Å². The lowest BCUT2D eigenvalue weighted by molar-refractivity contribution is 0.0758. The third kappa shape index (κ3) is 2.89. The van der Waals surface area contributed by atoms with Crippen LogP contribution in [0.15, 0.2) is 24.3 Å². The summed E-state index contributed by atoms with van der Waals surface area (Å²) in [5.41, 5.74) is 9.87. The maximum Gasteiger partial charge on any atom is 0.0570 e. The maximum absolute atomic E-state index is 7.09. The summed E-state index contributed by atoms with van der Waals surface area (Å²) in [6.07, 6.45) is 10.1. The summed E-state index contributed by atoms with van der Waals surface area (Å²) in [5, 5.41) is 0. The van der Waals surface area contributed by atoms with Gasteiger partial charge in [0.15, 0.2) is 0 Å². The van der Waals surface area contributed by atoms with E-state index >= 15 is 0 Å². The van der Waals surface area contributed by atoms with Crippen LogP contribution in [0.2, 0.25) is 0 Å². The minimum Gasteiger partial charge on any atom is -0.320 e. The normalized spacial score (nSPS) is 30.1. The Morgan fingerprint density at radius 2 is 1.95 bits per heavy atom. The molecular formula is C19H30N2. The molecule has 1 aliphatic heterocycles. The van der Waals surface area contributed by atoms with Gasteiger partial charge >= 0.3 is 0 Å². The fourth-order valence-corrected chi connectivity index (χ4v) is 4.43. The molecule has 1 aliphatic carbocycles. The molecule has 0 aromatic heterocycles. The van der Waals surface area contributed by atoms with Crippen LogP contribution in [0.25, 0.3) is 0 Å². The fourth-order valence-electron chi connectivity index (χ4n) is 4.43. The van der Waals surface area contributed by atoms with E-state index < -0.39 is 0 Å². The number of rotatable bonds is 4. The SMILES string of the molecule is CCCCC1(N)c2ccccc2CCC1N1CCCCC1. The highest BCUT2D eigenvalue weighted by atomic mass is 15.2. The molecule has 2 heteroatoms. The van der Waals surface area contributed by atoms with Crippen LogP contribution < -0.4 is 5.73 Å². The van der Waals surface area contributed by atoms with Crippen molar-refractivity contribution in [2.45, 2.75) is 69.9 Å². The van der Waals surface area contributed by atoms with Crippen molar-refractivity contribution in [1.82, 2.24) is 4.90 Å². The second kappa shape index (κ2) is 6.50. The van der Waals surface area contributed by atoms with Crippen LogP contribution in [0.1, 0.15) is 63.0 Å². The van der Waals surface area contributed by atoms with Gasteiger partial charge in [0.1, 0.15) is 0 Å². The van der Waals surface area contributed by atoms with Gasteiger partial charge < -0.3 is 5.73 Å². The first-order valence-electron chi connectivity index (χ1n) is 8.87. The number of likely N-dealkylation sites (tertiary alicyclic amines) is 1. The summed E-state index contributed by atoms with van der Waals surface area (Å²) < 4.78 is 0. The number of nitrogens with two attached hydrogens (primary N) is 1. The predicted molar refractivity (Wildman–Crippen MR) is 89.4 cm³/mol. The van der Waals surface area contributed by atoms with Crippen LogP contribution in [-0.2, 0) is 12.0 Å². The zero-order valence-corrected chi connectivity index (χ0v) is 13.5. The number of nitrogens with zero attached hydrogens (tertiary/aromatic N) is 1. The zero-order chi connectivity index (χ0) is 14.7. The Kier molecular flexibility index (Phi) is 4.66. The Bertz CT molecular complexity index is 464. The lowest BCUT2D eigenvalue weighted by Gasteiger charge is -2.49. The third-order valence-corrected chi connectivity index (χ3v) is 5.58. The Hall–Kier alpha value is -0.860. The van der Waals surface area contributed by atoms with E-state index in [4.69, 9.17) is 5.73 Å². The number of unbranched alkanes of at least 4 members (excludes halogenated alkanes) is 1. The van der Waals surface area contributed by atoms with Crippen LogP contribution in [0, 0.1) is 0 Å². The first kappa shape index (κ1) is 15.1. The standard InChI is InChI=1S/C19H30N2/c1-2-3-13-19(20)17-10-6-5-9-16(17)11-12-18(19)21-14-7-4-8-15-21/h5-6,9-10,18H,2-4,7-8,11-15,20H2,1H3. The van der Waals surface area contributed by atoms with Crippen LogP contribution >= 0.6 is 0 Å². The Labute approximate surface area is 129 Å².